The van der Waals surface area contributed by atoms with E-state index in [9.17, 15) is 4.79 Å². The summed E-state index contributed by atoms with van der Waals surface area (Å²) in [6.07, 6.45) is 0. The standard InChI is InChI=1S/C19H17N3O3/c1-11-8-12(2)22-18(20-11)17(13(3)21-22)19(23)24-10-15-9-14-6-4-5-7-16(14)25-15/h4-9H,10H2,1-3H3. The molecule has 4 aromatic rings. The molecular weight excluding hydrogens is 318 g/mol. The number of ether oxygens (including phenoxy) is 1. The third-order valence-electron chi connectivity index (χ3n) is 4.10. The van der Waals surface area contributed by atoms with Crippen molar-refractivity contribution >= 4 is 22.6 Å². The van der Waals surface area contributed by atoms with Crippen LogP contribution in [0.25, 0.3) is 16.6 Å². The Labute approximate surface area is 144 Å². The number of furan rings is 1. The Morgan fingerprint density at radius 3 is 2.80 bits per heavy atom. The van der Waals surface area contributed by atoms with Gasteiger partial charge in [-0.25, -0.2) is 14.3 Å². The van der Waals surface area contributed by atoms with Gasteiger partial charge < -0.3 is 9.15 Å². The van der Waals surface area contributed by atoms with E-state index in [1.807, 2.05) is 50.2 Å². The highest BCUT2D eigenvalue weighted by molar-refractivity contribution is 5.97. The molecule has 6 heteroatoms. The molecule has 126 valence electrons. The summed E-state index contributed by atoms with van der Waals surface area (Å²) in [7, 11) is 0. The van der Waals surface area contributed by atoms with E-state index in [1.165, 1.54) is 0 Å². The number of nitrogens with zero attached hydrogens (tertiary/aromatic N) is 3. The Morgan fingerprint density at radius 2 is 2.00 bits per heavy atom. The number of para-hydroxylation sites is 1. The number of aromatic nitrogens is 3. The maximum Gasteiger partial charge on any atom is 0.344 e. The molecule has 0 amide bonds. The van der Waals surface area contributed by atoms with Crippen LogP contribution in [0, 0.1) is 20.8 Å². The summed E-state index contributed by atoms with van der Waals surface area (Å²) in [6, 6.07) is 11.5. The van der Waals surface area contributed by atoms with Gasteiger partial charge in [-0.05, 0) is 39.0 Å². The second-order valence-electron chi connectivity index (χ2n) is 6.06. The van der Waals surface area contributed by atoms with Crippen LogP contribution >= 0.6 is 0 Å². The van der Waals surface area contributed by atoms with Gasteiger partial charge in [0.1, 0.15) is 23.5 Å². The van der Waals surface area contributed by atoms with Crippen LogP contribution in [-0.4, -0.2) is 20.6 Å². The van der Waals surface area contributed by atoms with Crippen molar-refractivity contribution in [3.8, 4) is 0 Å². The Morgan fingerprint density at radius 1 is 1.20 bits per heavy atom. The van der Waals surface area contributed by atoms with Gasteiger partial charge in [0.25, 0.3) is 0 Å². The van der Waals surface area contributed by atoms with E-state index < -0.39 is 5.97 Å². The maximum absolute atomic E-state index is 12.6. The van der Waals surface area contributed by atoms with Crippen molar-refractivity contribution in [2.45, 2.75) is 27.4 Å². The molecule has 0 spiro atoms. The summed E-state index contributed by atoms with van der Waals surface area (Å²) in [5.41, 5.74) is 4.02. The molecule has 0 aliphatic heterocycles. The van der Waals surface area contributed by atoms with Crippen LogP contribution in [0.3, 0.4) is 0 Å². The zero-order chi connectivity index (χ0) is 17.6. The van der Waals surface area contributed by atoms with Crippen LogP contribution < -0.4 is 0 Å². The van der Waals surface area contributed by atoms with E-state index in [4.69, 9.17) is 9.15 Å². The summed E-state index contributed by atoms with van der Waals surface area (Å²) < 4.78 is 12.8. The Kier molecular flexibility index (Phi) is 3.53. The molecular formula is C19H17N3O3. The molecule has 4 rings (SSSR count). The lowest BCUT2D eigenvalue weighted by Crippen LogP contribution is -2.07. The molecule has 0 aliphatic carbocycles. The van der Waals surface area contributed by atoms with Crippen molar-refractivity contribution in [3.05, 3.63) is 64.8 Å². The van der Waals surface area contributed by atoms with Gasteiger partial charge in [-0.15, -0.1) is 0 Å². The fourth-order valence-corrected chi connectivity index (χ4v) is 2.98. The van der Waals surface area contributed by atoms with E-state index in [0.717, 1.165) is 22.4 Å². The third kappa shape index (κ3) is 2.65. The second kappa shape index (κ2) is 5.73. The first-order chi connectivity index (χ1) is 12.0. The van der Waals surface area contributed by atoms with Crippen LogP contribution in [0.1, 0.15) is 33.2 Å². The smallest absolute Gasteiger partial charge is 0.344 e. The van der Waals surface area contributed by atoms with Crippen molar-refractivity contribution in [2.24, 2.45) is 0 Å². The topological polar surface area (TPSA) is 69.6 Å². The van der Waals surface area contributed by atoms with Crippen LogP contribution in [-0.2, 0) is 11.3 Å². The van der Waals surface area contributed by atoms with Crippen molar-refractivity contribution in [1.82, 2.24) is 14.6 Å². The molecule has 1 aromatic carbocycles. The van der Waals surface area contributed by atoms with Crippen molar-refractivity contribution in [1.29, 1.82) is 0 Å². The Hall–Kier alpha value is -3.15. The minimum Gasteiger partial charge on any atom is -0.457 e. The highest BCUT2D eigenvalue weighted by Gasteiger charge is 2.21. The van der Waals surface area contributed by atoms with Gasteiger partial charge in [-0.3, -0.25) is 0 Å². The van der Waals surface area contributed by atoms with E-state index in [-0.39, 0.29) is 6.61 Å². The first kappa shape index (κ1) is 15.4. The molecule has 3 aromatic heterocycles. The van der Waals surface area contributed by atoms with Crippen LogP contribution in [0.4, 0.5) is 0 Å². The largest absolute Gasteiger partial charge is 0.457 e. The fourth-order valence-electron chi connectivity index (χ4n) is 2.98. The summed E-state index contributed by atoms with van der Waals surface area (Å²) in [5, 5.41) is 5.37. The van der Waals surface area contributed by atoms with Gasteiger partial charge in [-0.2, -0.15) is 5.10 Å². The molecule has 25 heavy (non-hydrogen) atoms. The number of carbonyl (C=O) groups excluding carboxylic acids is 1. The lowest BCUT2D eigenvalue weighted by Gasteiger charge is -2.03. The number of rotatable bonds is 3. The van der Waals surface area contributed by atoms with Crippen LogP contribution in [0.15, 0.2) is 40.8 Å². The summed E-state index contributed by atoms with van der Waals surface area (Å²) in [5.74, 6) is 0.148. The zero-order valence-electron chi connectivity index (χ0n) is 14.2. The SMILES string of the molecule is Cc1cc(C)n2nc(C)c(C(=O)OCc3cc4ccccc4o3)c2n1. The van der Waals surface area contributed by atoms with E-state index in [0.29, 0.717) is 22.7 Å². The molecule has 0 fully saturated rings. The second-order valence-corrected chi connectivity index (χ2v) is 6.06. The van der Waals surface area contributed by atoms with Crippen LogP contribution in [0.5, 0.6) is 0 Å². The lowest BCUT2D eigenvalue weighted by atomic mass is 10.2. The minimum absolute atomic E-state index is 0.0646. The summed E-state index contributed by atoms with van der Waals surface area (Å²) in [6.45, 7) is 5.66. The van der Waals surface area contributed by atoms with Crippen molar-refractivity contribution in [3.63, 3.8) is 0 Å². The van der Waals surface area contributed by atoms with Gasteiger partial charge in [0.05, 0.1) is 5.69 Å². The number of carbonyl (C=O) groups is 1. The minimum atomic E-state index is -0.453. The number of aryl methyl sites for hydroxylation is 3. The quantitative estimate of drug-likeness (QED) is 0.533. The van der Waals surface area contributed by atoms with Gasteiger partial charge in [-0.1, -0.05) is 18.2 Å². The predicted molar refractivity (Wildman–Crippen MR) is 92.5 cm³/mol. The molecule has 0 radical (unpaired) electrons. The van der Waals surface area contributed by atoms with Gasteiger partial charge in [0.15, 0.2) is 5.65 Å². The molecule has 0 saturated carbocycles. The Balaban J connectivity index is 1.62. The highest BCUT2D eigenvalue weighted by atomic mass is 16.5. The monoisotopic (exact) mass is 335 g/mol. The van der Waals surface area contributed by atoms with Crippen molar-refractivity contribution < 1.29 is 13.9 Å². The molecule has 0 unspecified atom stereocenters. The third-order valence-corrected chi connectivity index (χ3v) is 4.10. The number of fused-ring (bicyclic) bond motifs is 2. The molecule has 3 heterocycles. The van der Waals surface area contributed by atoms with E-state index >= 15 is 0 Å². The fraction of sp³-hybridized carbons (Fsp3) is 0.211. The number of hydrogen-bond donors (Lipinski definition) is 0. The van der Waals surface area contributed by atoms with Crippen LogP contribution in [0.2, 0.25) is 0 Å². The zero-order valence-corrected chi connectivity index (χ0v) is 14.2. The first-order valence-electron chi connectivity index (χ1n) is 8.01. The normalized spacial score (nSPS) is 11.3. The maximum atomic E-state index is 12.6. The number of benzene rings is 1. The predicted octanol–water partition coefficient (Wildman–Crippen LogP) is 3.76. The van der Waals surface area contributed by atoms with Crippen molar-refractivity contribution in [2.75, 3.05) is 0 Å². The summed E-state index contributed by atoms with van der Waals surface area (Å²) in [4.78, 5) is 17.0. The highest BCUT2D eigenvalue weighted by Crippen LogP contribution is 2.21. The first-order valence-corrected chi connectivity index (χ1v) is 8.01. The van der Waals surface area contributed by atoms with E-state index in [2.05, 4.69) is 10.1 Å². The molecule has 0 aliphatic rings. The molecule has 0 bridgehead atoms. The molecule has 0 N–H and O–H groups in total. The number of hydrogen-bond acceptors (Lipinski definition) is 5. The van der Waals surface area contributed by atoms with Gasteiger partial charge in [0.2, 0.25) is 0 Å². The van der Waals surface area contributed by atoms with Gasteiger partial charge in [0, 0.05) is 16.8 Å². The van der Waals surface area contributed by atoms with E-state index in [1.54, 1.807) is 11.4 Å². The Bertz CT molecular complexity index is 1070. The summed E-state index contributed by atoms with van der Waals surface area (Å²) >= 11 is 0. The molecule has 6 nitrogen and oxygen atoms in total. The number of esters is 1. The average molecular weight is 335 g/mol. The molecule has 0 atom stereocenters. The lowest BCUT2D eigenvalue weighted by molar-refractivity contribution is 0.0449. The van der Waals surface area contributed by atoms with Gasteiger partial charge >= 0.3 is 5.97 Å². The average Bonchev–Trinajstić information content (AvgIpc) is 3.13. The molecule has 0 saturated heterocycles.